The number of aryl methyl sites for hydroxylation is 1. The molecule has 0 amide bonds. The van der Waals surface area contributed by atoms with E-state index in [-0.39, 0.29) is 33.9 Å². The van der Waals surface area contributed by atoms with Crippen LogP contribution in [-0.4, -0.2) is 45.1 Å². The number of benzene rings is 1. The van der Waals surface area contributed by atoms with E-state index in [4.69, 9.17) is 8.92 Å². The van der Waals surface area contributed by atoms with Crippen molar-refractivity contribution in [3.8, 4) is 11.6 Å². The van der Waals surface area contributed by atoms with Crippen molar-refractivity contribution in [3.63, 3.8) is 0 Å². The van der Waals surface area contributed by atoms with Crippen molar-refractivity contribution in [2.24, 2.45) is 0 Å². The molecule has 3 aromatic rings. The van der Waals surface area contributed by atoms with Crippen LogP contribution in [0.2, 0.25) is 0 Å². The zero-order chi connectivity index (χ0) is 23.8. The highest BCUT2D eigenvalue weighted by atomic mass is 32.2. The first-order valence-electron chi connectivity index (χ1n) is 10.1. The number of hydrogen-bond donors (Lipinski definition) is 0. The van der Waals surface area contributed by atoms with Crippen molar-refractivity contribution in [1.29, 1.82) is 0 Å². The number of aromatic nitrogens is 2. The second kappa shape index (κ2) is 8.60. The van der Waals surface area contributed by atoms with Gasteiger partial charge < -0.3 is 8.92 Å². The number of fused-ring (bicyclic) bond motifs is 1. The molecule has 3 heterocycles. The Hall–Kier alpha value is -3.25. The molecule has 0 aliphatic carbocycles. The van der Waals surface area contributed by atoms with Crippen LogP contribution in [0.1, 0.15) is 25.3 Å². The minimum Gasteiger partial charge on any atom is -0.403 e. The summed E-state index contributed by atoms with van der Waals surface area (Å²) in [4.78, 5) is 20.1. The third-order valence-corrected chi connectivity index (χ3v) is 8.06. The normalized spacial score (nSPS) is 15.9. The van der Waals surface area contributed by atoms with Crippen molar-refractivity contribution in [2.75, 3.05) is 16.6 Å². The molecule has 10 nitrogen and oxygen atoms in total. The van der Waals surface area contributed by atoms with Gasteiger partial charge in [-0.05, 0) is 44.0 Å². The third kappa shape index (κ3) is 4.62. The fourth-order valence-corrected chi connectivity index (χ4v) is 5.97. The van der Waals surface area contributed by atoms with E-state index in [1.165, 1.54) is 18.3 Å². The van der Waals surface area contributed by atoms with Gasteiger partial charge in [-0.1, -0.05) is 17.7 Å². The maximum absolute atomic E-state index is 13.0. The Labute approximate surface area is 191 Å². The molecule has 1 aromatic carbocycles. The summed E-state index contributed by atoms with van der Waals surface area (Å²) in [6, 6.07) is 9.11. The van der Waals surface area contributed by atoms with Gasteiger partial charge >= 0.3 is 16.1 Å². The van der Waals surface area contributed by atoms with Crippen LogP contribution in [0, 0.1) is 6.92 Å². The van der Waals surface area contributed by atoms with E-state index in [1.807, 2.05) is 6.92 Å². The van der Waals surface area contributed by atoms with Crippen LogP contribution in [-0.2, 0) is 24.9 Å². The van der Waals surface area contributed by atoms with E-state index >= 15 is 0 Å². The first kappa shape index (κ1) is 22.9. The van der Waals surface area contributed by atoms with Crippen LogP contribution < -0.4 is 13.2 Å². The summed E-state index contributed by atoms with van der Waals surface area (Å²) in [6.45, 7) is 3.10. The third-order valence-electron chi connectivity index (χ3n) is 4.99. The molecule has 0 bridgehead atoms. The monoisotopic (exact) mass is 491 g/mol. The number of pyridine rings is 2. The van der Waals surface area contributed by atoms with Gasteiger partial charge in [-0.15, -0.1) is 0 Å². The van der Waals surface area contributed by atoms with Crippen LogP contribution in [0.5, 0.6) is 11.6 Å². The minimum absolute atomic E-state index is 0.00444. The van der Waals surface area contributed by atoms with Crippen LogP contribution in [0.4, 0.5) is 5.82 Å². The average molecular weight is 492 g/mol. The van der Waals surface area contributed by atoms with Crippen molar-refractivity contribution in [3.05, 3.63) is 48.2 Å². The highest BCUT2D eigenvalue weighted by molar-refractivity contribution is 7.92. The van der Waals surface area contributed by atoms with Gasteiger partial charge in [-0.3, -0.25) is 14.1 Å². The van der Waals surface area contributed by atoms with Crippen molar-refractivity contribution in [1.82, 2.24) is 9.97 Å². The Bertz CT molecular complexity index is 1440. The van der Waals surface area contributed by atoms with Crippen LogP contribution >= 0.6 is 0 Å². The molecule has 12 heteroatoms. The lowest BCUT2D eigenvalue weighted by Crippen LogP contribution is -2.38. The number of anilines is 1. The van der Waals surface area contributed by atoms with Gasteiger partial charge in [0, 0.05) is 25.1 Å². The first-order valence-corrected chi connectivity index (χ1v) is 13.1. The van der Waals surface area contributed by atoms with Crippen molar-refractivity contribution < 1.29 is 30.6 Å². The molecule has 0 spiro atoms. The summed E-state index contributed by atoms with van der Waals surface area (Å²) in [7, 11) is -8.01. The lowest BCUT2D eigenvalue weighted by Gasteiger charge is -2.28. The summed E-state index contributed by atoms with van der Waals surface area (Å²) in [6.07, 6.45) is 2.52. The molecule has 4 rings (SSSR count). The molecule has 174 valence electrons. The Morgan fingerprint density at radius 1 is 1.12 bits per heavy atom. The van der Waals surface area contributed by atoms with E-state index < -0.39 is 37.7 Å². The Balaban J connectivity index is 1.93. The van der Waals surface area contributed by atoms with Crippen LogP contribution in [0.3, 0.4) is 0 Å². The molecule has 1 aliphatic rings. The van der Waals surface area contributed by atoms with E-state index in [2.05, 4.69) is 9.97 Å². The predicted molar refractivity (Wildman–Crippen MR) is 120 cm³/mol. The Morgan fingerprint density at radius 3 is 2.52 bits per heavy atom. The molecule has 0 radical (unpaired) electrons. The molecule has 0 atom stereocenters. The number of sulfonamides is 1. The van der Waals surface area contributed by atoms with Gasteiger partial charge in [-0.25, -0.2) is 8.42 Å². The molecule has 0 saturated carbocycles. The van der Waals surface area contributed by atoms with Gasteiger partial charge in [0.1, 0.15) is 10.4 Å². The number of esters is 1. The Morgan fingerprint density at radius 2 is 1.85 bits per heavy atom. The number of rotatable bonds is 5. The fourth-order valence-electron chi connectivity index (χ4n) is 3.44. The summed E-state index contributed by atoms with van der Waals surface area (Å²) >= 11 is 0. The van der Waals surface area contributed by atoms with Gasteiger partial charge in [0.25, 0.3) is 5.88 Å². The van der Waals surface area contributed by atoms with Gasteiger partial charge in [0.15, 0.2) is 5.82 Å². The van der Waals surface area contributed by atoms with Gasteiger partial charge in [0.05, 0.1) is 5.75 Å². The molecule has 1 aliphatic heterocycles. The smallest absolute Gasteiger partial charge is 0.339 e. The molecule has 0 unspecified atom stereocenters. The zero-order valence-electron chi connectivity index (χ0n) is 17.9. The van der Waals surface area contributed by atoms with E-state index in [1.54, 1.807) is 24.3 Å². The zero-order valence-corrected chi connectivity index (χ0v) is 19.5. The predicted octanol–water partition coefficient (Wildman–Crippen LogP) is 2.56. The SMILES string of the molecule is CC(=O)Oc1nc(N2CCCCS2(=O)=O)c2cccnc2c1OS(=O)(=O)c1ccc(C)cc1. The molecule has 2 aromatic heterocycles. The number of carbonyl (C=O) groups is 1. The second-order valence-electron chi connectivity index (χ2n) is 7.51. The number of ether oxygens (including phenoxy) is 1. The minimum atomic E-state index is -4.34. The van der Waals surface area contributed by atoms with Gasteiger partial charge in [-0.2, -0.15) is 13.4 Å². The number of hydrogen-bond acceptors (Lipinski definition) is 9. The standard InChI is InChI=1S/C21H21N3O7S2/c1-14-7-9-16(10-8-14)33(28,29)31-19-18-17(6-5-11-22-18)20(23-21(19)30-15(2)25)24-12-3-4-13-32(24,26)27/h5-11H,3-4,12-13H2,1-2H3. The first-order chi connectivity index (χ1) is 15.6. The lowest BCUT2D eigenvalue weighted by atomic mass is 10.2. The highest BCUT2D eigenvalue weighted by Gasteiger charge is 2.32. The number of carbonyl (C=O) groups excluding carboxylic acids is 1. The fraction of sp³-hybridized carbons (Fsp3) is 0.286. The van der Waals surface area contributed by atoms with Crippen LogP contribution in [0.25, 0.3) is 10.9 Å². The second-order valence-corrected chi connectivity index (χ2v) is 11.1. The summed E-state index contributed by atoms with van der Waals surface area (Å²) in [5, 5.41) is 0.244. The molecular formula is C21H21N3O7S2. The molecule has 0 N–H and O–H groups in total. The van der Waals surface area contributed by atoms with E-state index in [0.717, 1.165) is 16.8 Å². The largest absolute Gasteiger partial charge is 0.403 e. The van der Waals surface area contributed by atoms with Crippen LogP contribution in [0.15, 0.2) is 47.5 Å². The highest BCUT2D eigenvalue weighted by Crippen LogP contribution is 2.40. The maximum Gasteiger partial charge on any atom is 0.339 e. The topological polar surface area (TPSA) is 133 Å². The van der Waals surface area contributed by atoms with E-state index in [0.29, 0.717) is 12.8 Å². The van der Waals surface area contributed by atoms with Crippen molar-refractivity contribution >= 4 is 42.8 Å². The Kier molecular flexibility index (Phi) is 5.97. The number of nitrogens with zero attached hydrogens (tertiary/aromatic N) is 3. The lowest BCUT2D eigenvalue weighted by molar-refractivity contribution is -0.132. The average Bonchev–Trinajstić information content (AvgIpc) is 2.75. The quantitative estimate of drug-likeness (QED) is 0.390. The van der Waals surface area contributed by atoms with Gasteiger partial charge in [0.2, 0.25) is 15.8 Å². The molecule has 1 fully saturated rings. The molecular weight excluding hydrogens is 470 g/mol. The summed E-state index contributed by atoms with van der Waals surface area (Å²) in [5.41, 5.74) is 0.852. The van der Waals surface area contributed by atoms with E-state index in [9.17, 15) is 21.6 Å². The van der Waals surface area contributed by atoms with Crippen molar-refractivity contribution in [2.45, 2.75) is 31.6 Å². The molecule has 33 heavy (non-hydrogen) atoms. The summed E-state index contributed by atoms with van der Waals surface area (Å²) in [5.74, 6) is -1.74. The maximum atomic E-state index is 13.0. The summed E-state index contributed by atoms with van der Waals surface area (Å²) < 4.78 is 63.0. The molecule has 1 saturated heterocycles.